The van der Waals surface area contributed by atoms with Crippen molar-refractivity contribution in [2.24, 2.45) is 5.92 Å². The van der Waals surface area contributed by atoms with Gasteiger partial charge in [0.05, 0.1) is 0 Å². The molecule has 0 aromatic carbocycles. The molecular weight excluding hydrogens is 198 g/mol. The molecule has 0 aromatic rings. The lowest BCUT2D eigenvalue weighted by Crippen LogP contribution is -2.43. The molecular formula is C14H25NO. The zero-order valence-corrected chi connectivity index (χ0v) is 10.3. The van der Waals surface area contributed by atoms with E-state index in [-0.39, 0.29) is 0 Å². The van der Waals surface area contributed by atoms with Gasteiger partial charge in [-0.3, -0.25) is 4.79 Å². The highest BCUT2D eigenvalue weighted by atomic mass is 16.2. The van der Waals surface area contributed by atoms with E-state index in [1.54, 1.807) is 0 Å². The molecule has 2 aliphatic heterocycles. The molecule has 2 nitrogen and oxygen atoms in total. The standard InChI is InChI=1S/C14H25NO/c16-14-12-8-6-4-2-1-3-5-7-9-13(15-14)11-10-12/h12-13H,1-11H2,(H,15,16). The summed E-state index contributed by atoms with van der Waals surface area (Å²) in [6.07, 6.45) is 14.1. The molecule has 2 atom stereocenters. The molecule has 1 N–H and O–H groups in total. The molecule has 3 fully saturated rings. The largest absolute Gasteiger partial charge is 0.353 e. The molecule has 2 heteroatoms. The van der Waals surface area contributed by atoms with Crippen LogP contribution >= 0.6 is 0 Å². The van der Waals surface area contributed by atoms with Crippen LogP contribution < -0.4 is 5.32 Å². The maximum absolute atomic E-state index is 11.9. The summed E-state index contributed by atoms with van der Waals surface area (Å²) in [6, 6.07) is 0.490. The van der Waals surface area contributed by atoms with Crippen molar-refractivity contribution in [2.45, 2.75) is 76.7 Å². The van der Waals surface area contributed by atoms with Crippen LogP contribution in [0.2, 0.25) is 0 Å². The zero-order chi connectivity index (χ0) is 11.2. The molecule has 2 heterocycles. The molecule has 2 saturated heterocycles. The molecule has 3 aliphatic rings. The van der Waals surface area contributed by atoms with Crippen LogP contribution in [0.4, 0.5) is 0 Å². The van der Waals surface area contributed by atoms with Gasteiger partial charge in [-0.1, -0.05) is 44.9 Å². The van der Waals surface area contributed by atoms with Gasteiger partial charge in [-0.2, -0.15) is 0 Å². The Morgan fingerprint density at radius 1 is 0.750 bits per heavy atom. The van der Waals surface area contributed by atoms with Crippen LogP contribution in [0.5, 0.6) is 0 Å². The first-order valence-corrected chi connectivity index (χ1v) is 7.16. The number of nitrogens with one attached hydrogen (secondary N) is 1. The number of amides is 1. The third kappa shape index (κ3) is 3.50. The van der Waals surface area contributed by atoms with Crippen LogP contribution in [0.1, 0.15) is 70.6 Å². The average Bonchev–Trinajstić information content (AvgIpc) is 2.31. The molecule has 2 unspecified atom stereocenters. The quantitative estimate of drug-likeness (QED) is 0.670. The Morgan fingerprint density at radius 2 is 1.38 bits per heavy atom. The van der Waals surface area contributed by atoms with Crippen LogP contribution in [0.15, 0.2) is 0 Å². The second-order valence-corrected chi connectivity index (χ2v) is 5.53. The van der Waals surface area contributed by atoms with E-state index in [2.05, 4.69) is 5.32 Å². The van der Waals surface area contributed by atoms with Crippen LogP contribution in [0.3, 0.4) is 0 Å². The monoisotopic (exact) mass is 223 g/mol. The fourth-order valence-corrected chi connectivity index (χ4v) is 3.08. The van der Waals surface area contributed by atoms with Crippen molar-refractivity contribution in [3.63, 3.8) is 0 Å². The minimum atomic E-state index is 0.331. The summed E-state index contributed by atoms with van der Waals surface area (Å²) in [5.74, 6) is 0.674. The number of piperidine rings is 1. The van der Waals surface area contributed by atoms with E-state index in [9.17, 15) is 4.79 Å². The maximum atomic E-state index is 11.9. The number of carbonyl (C=O) groups excluding carboxylic acids is 1. The Morgan fingerprint density at radius 3 is 2.06 bits per heavy atom. The smallest absolute Gasteiger partial charge is 0.223 e. The molecule has 1 aliphatic carbocycles. The lowest BCUT2D eigenvalue weighted by Gasteiger charge is -2.29. The van der Waals surface area contributed by atoms with Gasteiger partial charge >= 0.3 is 0 Å². The summed E-state index contributed by atoms with van der Waals surface area (Å²) in [5.41, 5.74) is 0. The van der Waals surface area contributed by atoms with Crippen molar-refractivity contribution in [1.29, 1.82) is 0 Å². The van der Waals surface area contributed by atoms with Crippen molar-refractivity contribution in [1.82, 2.24) is 5.32 Å². The summed E-state index contributed by atoms with van der Waals surface area (Å²) in [4.78, 5) is 11.9. The Hall–Kier alpha value is -0.530. The summed E-state index contributed by atoms with van der Waals surface area (Å²) in [6.45, 7) is 0. The number of hydrogen-bond acceptors (Lipinski definition) is 1. The highest BCUT2D eigenvalue weighted by Crippen LogP contribution is 2.25. The lowest BCUT2D eigenvalue weighted by molar-refractivity contribution is -0.128. The van der Waals surface area contributed by atoms with Crippen LogP contribution in [0, 0.1) is 5.92 Å². The van der Waals surface area contributed by atoms with Gasteiger partial charge in [0.1, 0.15) is 0 Å². The van der Waals surface area contributed by atoms with Gasteiger partial charge < -0.3 is 5.32 Å². The molecule has 0 radical (unpaired) electrons. The second kappa shape index (κ2) is 6.27. The third-order valence-electron chi connectivity index (χ3n) is 4.19. The first-order chi connectivity index (χ1) is 7.86. The van der Waals surface area contributed by atoms with E-state index in [0.717, 1.165) is 12.8 Å². The predicted molar refractivity (Wildman–Crippen MR) is 66.2 cm³/mol. The number of hydrogen-bond donors (Lipinski definition) is 1. The normalized spacial score (nSPS) is 33.4. The molecule has 2 bridgehead atoms. The van der Waals surface area contributed by atoms with E-state index in [4.69, 9.17) is 0 Å². The van der Waals surface area contributed by atoms with Crippen molar-refractivity contribution in [3.8, 4) is 0 Å². The lowest BCUT2D eigenvalue weighted by atomic mass is 9.88. The van der Waals surface area contributed by atoms with Crippen molar-refractivity contribution in [2.75, 3.05) is 0 Å². The van der Waals surface area contributed by atoms with Crippen molar-refractivity contribution in [3.05, 3.63) is 0 Å². The molecule has 0 aromatic heterocycles. The van der Waals surface area contributed by atoms with Gasteiger partial charge in [-0.05, 0) is 25.7 Å². The SMILES string of the molecule is O=C1NC2CCCCCCCCCC1CC2. The van der Waals surface area contributed by atoms with Gasteiger partial charge in [0.25, 0.3) is 0 Å². The predicted octanol–water partition coefficient (Wildman–Crippen LogP) is 3.41. The summed E-state index contributed by atoms with van der Waals surface area (Å²) in [7, 11) is 0. The fourth-order valence-electron chi connectivity index (χ4n) is 3.08. The minimum Gasteiger partial charge on any atom is -0.353 e. The second-order valence-electron chi connectivity index (χ2n) is 5.53. The van der Waals surface area contributed by atoms with Gasteiger partial charge in [-0.25, -0.2) is 0 Å². The Bertz CT molecular complexity index is 223. The maximum Gasteiger partial charge on any atom is 0.223 e. The van der Waals surface area contributed by atoms with Gasteiger partial charge in [0.2, 0.25) is 5.91 Å². The third-order valence-corrected chi connectivity index (χ3v) is 4.19. The Balaban J connectivity index is 1.86. The first-order valence-electron chi connectivity index (χ1n) is 7.16. The van der Waals surface area contributed by atoms with Crippen LogP contribution in [0.25, 0.3) is 0 Å². The summed E-state index contributed by atoms with van der Waals surface area (Å²) < 4.78 is 0. The first kappa shape index (κ1) is 11.9. The Labute approximate surface area is 99.2 Å². The fraction of sp³-hybridized carbons (Fsp3) is 0.929. The summed E-state index contributed by atoms with van der Waals surface area (Å²) >= 11 is 0. The molecule has 16 heavy (non-hydrogen) atoms. The average molecular weight is 223 g/mol. The molecule has 1 amide bonds. The van der Waals surface area contributed by atoms with Crippen molar-refractivity contribution >= 4 is 5.91 Å². The number of fused-ring (bicyclic) bond motifs is 10. The van der Waals surface area contributed by atoms with E-state index < -0.39 is 0 Å². The summed E-state index contributed by atoms with van der Waals surface area (Å²) in [5, 5.41) is 3.22. The number of rotatable bonds is 0. The van der Waals surface area contributed by atoms with Crippen LogP contribution in [-0.4, -0.2) is 11.9 Å². The van der Waals surface area contributed by atoms with Gasteiger partial charge in [0.15, 0.2) is 0 Å². The van der Waals surface area contributed by atoms with E-state index in [1.165, 1.54) is 57.8 Å². The molecule has 1 saturated carbocycles. The number of carbonyl (C=O) groups is 1. The molecule has 3 rings (SSSR count). The van der Waals surface area contributed by atoms with E-state index in [1.807, 2.05) is 0 Å². The Kier molecular flexibility index (Phi) is 4.68. The van der Waals surface area contributed by atoms with E-state index >= 15 is 0 Å². The molecule has 92 valence electrons. The highest BCUT2D eigenvalue weighted by Gasteiger charge is 2.26. The van der Waals surface area contributed by atoms with Crippen LogP contribution in [-0.2, 0) is 4.79 Å². The topological polar surface area (TPSA) is 29.1 Å². The zero-order valence-electron chi connectivity index (χ0n) is 10.3. The van der Waals surface area contributed by atoms with Gasteiger partial charge in [-0.15, -0.1) is 0 Å². The van der Waals surface area contributed by atoms with Gasteiger partial charge in [0, 0.05) is 12.0 Å². The van der Waals surface area contributed by atoms with E-state index in [0.29, 0.717) is 17.9 Å². The van der Waals surface area contributed by atoms with Crippen molar-refractivity contribution < 1.29 is 4.79 Å². The molecule has 0 spiro atoms. The highest BCUT2D eigenvalue weighted by molar-refractivity contribution is 5.79. The minimum absolute atomic E-state index is 0.331.